The monoisotopic (exact) mass is 324 g/mol. The van der Waals surface area contributed by atoms with Gasteiger partial charge < -0.3 is 9.84 Å². The van der Waals surface area contributed by atoms with E-state index in [1.165, 1.54) is 16.8 Å². The summed E-state index contributed by atoms with van der Waals surface area (Å²) in [4.78, 5) is 7.68. The second kappa shape index (κ2) is 4.93. The lowest BCUT2D eigenvalue weighted by molar-refractivity contribution is 0.0291. The van der Waals surface area contributed by atoms with Crippen molar-refractivity contribution in [2.45, 2.75) is 31.2 Å². The molecule has 0 aromatic heterocycles. The molecule has 0 unspecified atom stereocenters. The number of benzene rings is 1. The first kappa shape index (κ1) is 14.7. The number of aliphatic imine (C=N–C) groups is 1. The molecule has 1 aromatic carbocycles. The number of allylic oxidation sites excluding steroid dienone is 1. The molecule has 3 bridgehead atoms. The molecule has 1 aromatic rings. The third kappa shape index (κ3) is 1.58. The Balaban J connectivity index is 1.75. The van der Waals surface area contributed by atoms with Gasteiger partial charge in [-0.2, -0.15) is 0 Å². The zero-order valence-electron chi connectivity index (χ0n) is 14.3. The average molecular weight is 324 g/mol. The van der Waals surface area contributed by atoms with Crippen LogP contribution in [0.25, 0.3) is 0 Å². The second-order valence-corrected chi connectivity index (χ2v) is 7.58. The molecule has 3 aliphatic heterocycles. The van der Waals surface area contributed by atoms with Crippen molar-refractivity contribution in [1.29, 1.82) is 0 Å². The van der Waals surface area contributed by atoms with Crippen molar-refractivity contribution in [2.24, 2.45) is 16.8 Å². The highest BCUT2D eigenvalue weighted by Crippen LogP contribution is 2.60. The van der Waals surface area contributed by atoms with Gasteiger partial charge in [0.2, 0.25) is 0 Å². The molecular formula is C20H24N2O2. The molecule has 4 atom stereocenters. The van der Waals surface area contributed by atoms with Gasteiger partial charge in [0.1, 0.15) is 5.75 Å². The fourth-order valence-electron chi connectivity index (χ4n) is 5.87. The fourth-order valence-corrected chi connectivity index (χ4v) is 5.87. The molecule has 1 N–H and O–H groups in total. The quantitative estimate of drug-likeness (QED) is 0.851. The van der Waals surface area contributed by atoms with Gasteiger partial charge in [0.15, 0.2) is 0 Å². The molecule has 2 saturated heterocycles. The van der Waals surface area contributed by atoms with Crippen molar-refractivity contribution >= 4 is 11.4 Å². The van der Waals surface area contributed by atoms with Crippen LogP contribution >= 0.6 is 0 Å². The molecule has 1 saturated carbocycles. The number of hydrogen-bond acceptors (Lipinski definition) is 4. The van der Waals surface area contributed by atoms with E-state index in [2.05, 4.69) is 30.0 Å². The molecule has 24 heavy (non-hydrogen) atoms. The molecule has 3 heterocycles. The Morgan fingerprint density at radius 3 is 3.08 bits per heavy atom. The number of aliphatic hydroxyl groups excluding tert-OH is 1. The van der Waals surface area contributed by atoms with Crippen molar-refractivity contribution in [3.8, 4) is 5.75 Å². The Morgan fingerprint density at radius 2 is 2.33 bits per heavy atom. The van der Waals surface area contributed by atoms with Crippen molar-refractivity contribution < 1.29 is 9.84 Å². The van der Waals surface area contributed by atoms with Gasteiger partial charge >= 0.3 is 0 Å². The molecule has 1 aliphatic carbocycles. The van der Waals surface area contributed by atoms with Gasteiger partial charge in [-0.1, -0.05) is 11.6 Å². The lowest BCUT2D eigenvalue weighted by atomic mass is 9.51. The van der Waals surface area contributed by atoms with E-state index in [4.69, 9.17) is 9.73 Å². The van der Waals surface area contributed by atoms with E-state index >= 15 is 0 Å². The van der Waals surface area contributed by atoms with Crippen molar-refractivity contribution in [3.05, 3.63) is 35.4 Å². The molecule has 4 heteroatoms. The van der Waals surface area contributed by atoms with Gasteiger partial charge in [-0.15, -0.1) is 0 Å². The largest absolute Gasteiger partial charge is 0.497 e. The third-order valence-electron chi connectivity index (χ3n) is 6.96. The van der Waals surface area contributed by atoms with Crippen molar-refractivity contribution in [3.63, 3.8) is 0 Å². The van der Waals surface area contributed by atoms with E-state index in [0.29, 0.717) is 12.0 Å². The molecule has 4 nitrogen and oxygen atoms in total. The van der Waals surface area contributed by atoms with Gasteiger partial charge in [-0.05, 0) is 49.4 Å². The van der Waals surface area contributed by atoms with E-state index in [-0.39, 0.29) is 17.9 Å². The number of fused-ring (bicyclic) bond motifs is 2. The van der Waals surface area contributed by atoms with Crippen LogP contribution in [0.2, 0.25) is 0 Å². The Hall–Kier alpha value is -1.65. The molecule has 0 radical (unpaired) electrons. The van der Waals surface area contributed by atoms with Gasteiger partial charge in [0, 0.05) is 42.8 Å². The Labute approximate surface area is 142 Å². The van der Waals surface area contributed by atoms with Gasteiger partial charge in [0.25, 0.3) is 0 Å². The number of aliphatic hydroxyl groups is 1. The van der Waals surface area contributed by atoms with E-state index in [1.807, 2.05) is 6.07 Å². The summed E-state index contributed by atoms with van der Waals surface area (Å²) in [6, 6.07) is 6.70. The van der Waals surface area contributed by atoms with Crippen LogP contribution in [0.5, 0.6) is 5.75 Å². The molecular weight excluding hydrogens is 300 g/mol. The van der Waals surface area contributed by atoms with Crippen LogP contribution in [0, 0.1) is 11.8 Å². The van der Waals surface area contributed by atoms with E-state index in [0.717, 1.165) is 37.4 Å². The average Bonchev–Trinajstić information content (AvgIpc) is 2.96. The van der Waals surface area contributed by atoms with Crippen LogP contribution in [0.15, 0.2) is 34.8 Å². The third-order valence-corrected chi connectivity index (χ3v) is 6.96. The molecule has 5 rings (SSSR count). The molecule has 4 aliphatic rings. The Morgan fingerprint density at radius 1 is 1.46 bits per heavy atom. The minimum Gasteiger partial charge on any atom is -0.497 e. The normalized spacial score (nSPS) is 38.0. The van der Waals surface area contributed by atoms with Crippen LogP contribution in [-0.2, 0) is 5.41 Å². The minimum atomic E-state index is -0.0998. The molecule has 3 fully saturated rings. The number of hydrogen-bond donors (Lipinski definition) is 1. The highest BCUT2D eigenvalue weighted by atomic mass is 16.5. The molecule has 0 amide bonds. The maximum absolute atomic E-state index is 10.4. The first-order valence-electron chi connectivity index (χ1n) is 9.00. The smallest absolute Gasteiger partial charge is 0.119 e. The van der Waals surface area contributed by atoms with Crippen LogP contribution in [0.3, 0.4) is 0 Å². The summed E-state index contributed by atoms with van der Waals surface area (Å²) in [5.41, 5.74) is 5.07. The summed E-state index contributed by atoms with van der Waals surface area (Å²) in [6.45, 7) is 4.49. The SMILES string of the molecule is C/C=C1/CN2CC[C@]34C(=Nc5ccc(OC)cc53)[C@@H]2C[C@@H]1[C@H]4CO. The number of rotatable bonds is 2. The van der Waals surface area contributed by atoms with Crippen LogP contribution in [0.1, 0.15) is 25.3 Å². The first-order valence-corrected chi connectivity index (χ1v) is 9.00. The lowest BCUT2D eigenvalue weighted by Gasteiger charge is -2.60. The van der Waals surface area contributed by atoms with Crippen LogP contribution in [0.4, 0.5) is 5.69 Å². The zero-order chi connectivity index (χ0) is 16.5. The predicted octanol–water partition coefficient (Wildman–Crippen LogP) is 2.68. The minimum absolute atomic E-state index is 0.0998. The second-order valence-electron chi connectivity index (χ2n) is 7.58. The van der Waals surface area contributed by atoms with E-state index < -0.39 is 0 Å². The zero-order valence-corrected chi connectivity index (χ0v) is 14.3. The van der Waals surface area contributed by atoms with Crippen LogP contribution in [-0.4, -0.2) is 48.6 Å². The maximum Gasteiger partial charge on any atom is 0.119 e. The van der Waals surface area contributed by atoms with Crippen molar-refractivity contribution in [1.82, 2.24) is 4.90 Å². The summed E-state index contributed by atoms with van der Waals surface area (Å²) in [5, 5.41) is 10.4. The number of nitrogens with zero attached hydrogens (tertiary/aromatic N) is 2. The summed E-state index contributed by atoms with van der Waals surface area (Å²) in [5.74, 6) is 1.59. The summed E-state index contributed by atoms with van der Waals surface area (Å²) in [7, 11) is 1.72. The lowest BCUT2D eigenvalue weighted by Crippen LogP contribution is -2.68. The number of piperidine rings is 2. The first-order chi connectivity index (χ1) is 11.7. The summed E-state index contributed by atoms with van der Waals surface area (Å²) in [6.07, 6.45) is 4.44. The Bertz CT molecular complexity index is 769. The van der Waals surface area contributed by atoms with Gasteiger partial charge in [-0.3, -0.25) is 9.89 Å². The number of ether oxygens (including phenoxy) is 1. The van der Waals surface area contributed by atoms with Gasteiger partial charge in [-0.25, -0.2) is 0 Å². The topological polar surface area (TPSA) is 45.1 Å². The maximum atomic E-state index is 10.4. The summed E-state index contributed by atoms with van der Waals surface area (Å²) >= 11 is 0. The summed E-state index contributed by atoms with van der Waals surface area (Å²) < 4.78 is 5.49. The fraction of sp³-hybridized carbons (Fsp3) is 0.550. The molecule has 126 valence electrons. The standard InChI is InChI=1S/C20H24N2O2/c1-3-12-10-22-7-6-20-15-8-13(24-2)4-5-17(15)21-19(20)18(22)9-14(12)16(20)11-23/h3-5,8,14,16,18,23H,6-7,9-11H2,1-2H3/b12-3-/t14-,16+,18-,20-/m0/s1. The van der Waals surface area contributed by atoms with E-state index in [1.54, 1.807) is 7.11 Å². The van der Waals surface area contributed by atoms with Gasteiger partial charge in [0.05, 0.1) is 12.8 Å². The Kier molecular flexibility index (Phi) is 3.01. The van der Waals surface area contributed by atoms with Crippen molar-refractivity contribution in [2.75, 3.05) is 26.8 Å². The highest BCUT2D eigenvalue weighted by molar-refractivity contribution is 6.07. The van der Waals surface area contributed by atoms with Crippen LogP contribution < -0.4 is 4.74 Å². The highest BCUT2D eigenvalue weighted by Gasteiger charge is 2.62. The van der Waals surface area contributed by atoms with E-state index in [9.17, 15) is 5.11 Å². The predicted molar refractivity (Wildman–Crippen MR) is 94.2 cm³/mol. The molecule has 0 spiro atoms. The number of methoxy groups -OCH3 is 1.